The van der Waals surface area contributed by atoms with Crippen molar-refractivity contribution >= 4 is 21.4 Å². The minimum atomic E-state index is -3.21. The first-order valence-electron chi connectivity index (χ1n) is 10.9. The molecule has 0 amide bonds. The first-order chi connectivity index (χ1) is 16.0. The van der Waals surface area contributed by atoms with Crippen LogP contribution >= 0.6 is 11.6 Å². The topological polar surface area (TPSA) is 98.6 Å². The van der Waals surface area contributed by atoms with Gasteiger partial charge in [0.2, 0.25) is 0 Å². The van der Waals surface area contributed by atoms with Gasteiger partial charge in [0.05, 0.1) is 17.3 Å². The highest BCUT2D eigenvalue weighted by atomic mass is 35.5. The molecular formula is C25H29ClN2O5S. The molecule has 3 aromatic rings. The zero-order valence-electron chi connectivity index (χ0n) is 19.7. The van der Waals surface area contributed by atoms with Gasteiger partial charge in [-0.1, -0.05) is 44.5 Å². The maximum Gasteiger partial charge on any atom is 0.179 e. The molecule has 0 bridgehead atoms. The number of aromatic hydroxyl groups is 1. The van der Waals surface area contributed by atoms with Gasteiger partial charge in [-0.05, 0) is 47.9 Å². The van der Waals surface area contributed by atoms with Crippen LogP contribution in [0.25, 0.3) is 0 Å². The number of hydrogen-bond acceptors (Lipinski definition) is 7. The van der Waals surface area contributed by atoms with Gasteiger partial charge in [0.1, 0.15) is 23.9 Å². The number of aromatic nitrogens is 2. The molecule has 0 atom stereocenters. The highest BCUT2D eigenvalue weighted by Gasteiger charge is 2.26. The van der Waals surface area contributed by atoms with E-state index in [1.165, 1.54) is 6.20 Å². The average molecular weight is 505 g/mol. The van der Waals surface area contributed by atoms with E-state index in [1.54, 1.807) is 12.1 Å². The molecule has 1 heterocycles. The molecule has 0 spiro atoms. The van der Waals surface area contributed by atoms with Crippen LogP contribution in [0.5, 0.6) is 17.2 Å². The van der Waals surface area contributed by atoms with Crippen LogP contribution in [0.1, 0.15) is 49.8 Å². The van der Waals surface area contributed by atoms with Crippen molar-refractivity contribution in [3.63, 3.8) is 0 Å². The van der Waals surface area contributed by atoms with E-state index in [1.807, 2.05) is 51.1 Å². The number of phenolic OH excluding ortho intramolecular Hbond substituents is 1. The summed E-state index contributed by atoms with van der Waals surface area (Å²) in [4.78, 5) is 8.25. The standard InChI is InChI=1S/C25H29ClN2O5S/c1-5-12-32-24-21(26)13-18(14-22(24)29)25(2,3)17-6-8-20(9-7-17)33-15-19-10-11-27-23(28-19)16-34(4,30)31/h6-11,13-14,29H,5,12,15-16H2,1-4H3. The smallest absolute Gasteiger partial charge is 0.179 e. The summed E-state index contributed by atoms with van der Waals surface area (Å²) in [6.07, 6.45) is 3.49. The molecule has 3 rings (SSSR count). The minimum absolute atomic E-state index is 0.0177. The van der Waals surface area contributed by atoms with Crippen molar-refractivity contribution in [2.24, 2.45) is 0 Å². The average Bonchev–Trinajstić information content (AvgIpc) is 2.76. The van der Waals surface area contributed by atoms with Crippen LogP contribution in [0.4, 0.5) is 0 Å². The lowest BCUT2D eigenvalue weighted by atomic mass is 9.78. The number of phenols is 1. The van der Waals surface area contributed by atoms with E-state index < -0.39 is 15.3 Å². The summed E-state index contributed by atoms with van der Waals surface area (Å²) < 4.78 is 34.3. The fourth-order valence-electron chi connectivity index (χ4n) is 3.40. The Labute approximate surface area is 205 Å². The Morgan fingerprint density at radius 1 is 1.06 bits per heavy atom. The molecular weight excluding hydrogens is 476 g/mol. The molecule has 0 saturated heterocycles. The summed E-state index contributed by atoms with van der Waals surface area (Å²) >= 11 is 6.39. The number of nitrogens with zero attached hydrogens (tertiary/aromatic N) is 2. The number of sulfone groups is 1. The summed E-state index contributed by atoms with van der Waals surface area (Å²) in [6, 6.07) is 12.8. The summed E-state index contributed by atoms with van der Waals surface area (Å²) in [5.74, 6) is 0.997. The van der Waals surface area contributed by atoms with E-state index in [2.05, 4.69) is 9.97 Å². The molecule has 0 aliphatic heterocycles. The summed E-state index contributed by atoms with van der Waals surface area (Å²) in [6.45, 7) is 6.74. The van der Waals surface area contributed by atoms with Gasteiger partial charge in [0.25, 0.3) is 0 Å². The quantitative estimate of drug-likeness (QED) is 0.411. The number of halogens is 1. The highest BCUT2D eigenvalue weighted by Crippen LogP contribution is 2.41. The predicted octanol–water partition coefficient (Wildman–Crippen LogP) is 5.07. The SMILES string of the molecule is CCCOc1c(O)cc(C(C)(C)c2ccc(OCc3ccnc(CS(C)(=O)=O)n3)cc2)cc1Cl. The second-order valence-corrected chi connectivity index (χ2v) is 11.2. The second kappa shape index (κ2) is 10.6. The van der Waals surface area contributed by atoms with Crippen molar-refractivity contribution in [3.05, 3.63) is 76.3 Å². The number of hydrogen-bond donors (Lipinski definition) is 1. The van der Waals surface area contributed by atoms with Gasteiger partial charge in [-0.2, -0.15) is 0 Å². The molecule has 7 nitrogen and oxygen atoms in total. The van der Waals surface area contributed by atoms with Gasteiger partial charge in [-0.3, -0.25) is 0 Å². The van der Waals surface area contributed by atoms with Crippen molar-refractivity contribution in [3.8, 4) is 17.2 Å². The first-order valence-corrected chi connectivity index (χ1v) is 13.3. The normalized spacial score (nSPS) is 11.9. The Hall–Kier alpha value is -2.84. The van der Waals surface area contributed by atoms with Gasteiger partial charge >= 0.3 is 0 Å². The van der Waals surface area contributed by atoms with Crippen LogP contribution in [0, 0.1) is 0 Å². The van der Waals surface area contributed by atoms with E-state index in [-0.39, 0.29) is 23.9 Å². The van der Waals surface area contributed by atoms with Crippen molar-refractivity contribution in [1.29, 1.82) is 0 Å². The maximum absolute atomic E-state index is 11.5. The fraction of sp³-hybridized carbons (Fsp3) is 0.360. The Balaban J connectivity index is 1.72. The second-order valence-electron chi connectivity index (χ2n) is 8.63. The molecule has 1 N–H and O–H groups in total. The molecule has 0 radical (unpaired) electrons. The molecule has 0 aliphatic rings. The van der Waals surface area contributed by atoms with E-state index in [4.69, 9.17) is 21.1 Å². The lowest BCUT2D eigenvalue weighted by Crippen LogP contribution is -2.19. The molecule has 182 valence electrons. The Morgan fingerprint density at radius 3 is 2.38 bits per heavy atom. The predicted molar refractivity (Wildman–Crippen MR) is 132 cm³/mol. The zero-order valence-corrected chi connectivity index (χ0v) is 21.3. The van der Waals surface area contributed by atoms with Crippen LogP contribution in [-0.4, -0.2) is 36.4 Å². The zero-order chi connectivity index (χ0) is 24.9. The third-order valence-electron chi connectivity index (χ3n) is 5.31. The molecule has 34 heavy (non-hydrogen) atoms. The van der Waals surface area contributed by atoms with Gasteiger partial charge in [0.15, 0.2) is 21.3 Å². The largest absolute Gasteiger partial charge is 0.504 e. The molecule has 0 fully saturated rings. The summed E-state index contributed by atoms with van der Waals surface area (Å²) in [7, 11) is -3.21. The lowest BCUT2D eigenvalue weighted by Gasteiger charge is -2.27. The van der Waals surface area contributed by atoms with Crippen LogP contribution in [0.2, 0.25) is 5.02 Å². The Kier molecular flexibility index (Phi) is 8.05. The van der Waals surface area contributed by atoms with Crippen LogP contribution in [0.3, 0.4) is 0 Å². The van der Waals surface area contributed by atoms with Crippen LogP contribution in [-0.2, 0) is 27.6 Å². The van der Waals surface area contributed by atoms with Gasteiger partial charge in [-0.25, -0.2) is 18.4 Å². The third kappa shape index (κ3) is 6.61. The van der Waals surface area contributed by atoms with Gasteiger partial charge in [0, 0.05) is 17.9 Å². The minimum Gasteiger partial charge on any atom is -0.504 e. The highest BCUT2D eigenvalue weighted by molar-refractivity contribution is 7.89. The molecule has 0 saturated carbocycles. The third-order valence-corrected chi connectivity index (χ3v) is 6.38. The van der Waals surface area contributed by atoms with Crippen molar-refractivity contribution in [2.45, 2.75) is 45.0 Å². The molecule has 1 aromatic heterocycles. The van der Waals surface area contributed by atoms with Crippen LogP contribution < -0.4 is 9.47 Å². The Morgan fingerprint density at radius 2 is 1.76 bits per heavy atom. The summed E-state index contributed by atoms with van der Waals surface area (Å²) in [5, 5.41) is 10.8. The summed E-state index contributed by atoms with van der Waals surface area (Å²) in [5.41, 5.74) is 2.02. The van der Waals surface area contributed by atoms with E-state index >= 15 is 0 Å². The molecule has 2 aromatic carbocycles. The van der Waals surface area contributed by atoms with Gasteiger partial charge in [-0.15, -0.1) is 0 Å². The fourth-order valence-corrected chi connectivity index (χ4v) is 4.28. The first kappa shape index (κ1) is 25.8. The van der Waals surface area contributed by atoms with Crippen molar-refractivity contribution < 1.29 is 23.0 Å². The van der Waals surface area contributed by atoms with Crippen molar-refractivity contribution in [1.82, 2.24) is 9.97 Å². The number of rotatable bonds is 10. The molecule has 9 heteroatoms. The molecule has 0 aliphatic carbocycles. The molecule has 0 unspecified atom stereocenters. The number of ether oxygens (including phenoxy) is 2. The van der Waals surface area contributed by atoms with Gasteiger partial charge < -0.3 is 14.6 Å². The maximum atomic E-state index is 11.5. The monoisotopic (exact) mass is 504 g/mol. The van der Waals surface area contributed by atoms with E-state index in [0.29, 0.717) is 28.8 Å². The lowest BCUT2D eigenvalue weighted by molar-refractivity contribution is 0.299. The number of benzene rings is 2. The van der Waals surface area contributed by atoms with E-state index in [0.717, 1.165) is 23.8 Å². The van der Waals surface area contributed by atoms with Crippen molar-refractivity contribution in [2.75, 3.05) is 12.9 Å². The van der Waals surface area contributed by atoms with E-state index in [9.17, 15) is 13.5 Å². The van der Waals surface area contributed by atoms with Crippen LogP contribution in [0.15, 0.2) is 48.7 Å². The Bertz CT molecular complexity index is 1220.